The molecular formula is C16H28N2O5. The Kier molecular flexibility index (Phi) is 5.66. The van der Waals surface area contributed by atoms with Crippen LogP contribution in [-0.2, 0) is 14.3 Å². The zero-order chi connectivity index (χ0) is 18.0. The van der Waals surface area contributed by atoms with Gasteiger partial charge in [-0.05, 0) is 41.5 Å². The van der Waals surface area contributed by atoms with E-state index >= 15 is 0 Å². The van der Waals surface area contributed by atoms with E-state index in [1.165, 1.54) is 4.90 Å². The maximum absolute atomic E-state index is 12.2. The van der Waals surface area contributed by atoms with E-state index in [0.717, 1.165) is 0 Å². The first-order valence-electron chi connectivity index (χ1n) is 7.80. The number of likely N-dealkylation sites (tertiary alicyclic amines) is 1. The lowest BCUT2D eigenvalue weighted by molar-refractivity contribution is -0.122. The number of nitrogens with one attached hydrogen (secondary N) is 1. The number of alkyl carbamates (subject to hydrolysis) is 1. The van der Waals surface area contributed by atoms with Crippen LogP contribution in [0, 0.1) is 5.92 Å². The van der Waals surface area contributed by atoms with Crippen molar-refractivity contribution in [1.82, 2.24) is 10.2 Å². The molecule has 0 radical (unpaired) electrons. The van der Waals surface area contributed by atoms with Crippen molar-refractivity contribution in [3.63, 3.8) is 0 Å². The summed E-state index contributed by atoms with van der Waals surface area (Å²) in [5, 5.41) is 2.55. The van der Waals surface area contributed by atoms with Gasteiger partial charge in [-0.3, -0.25) is 9.69 Å². The Labute approximate surface area is 137 Å². The maximum atomic E-state index is 12.2. The zero-order valence-electron chi connectivity index (χ0n) is 15.1. The van der Waals surface area contributed by atoms with Gasteiger partial charge in [0.1, 0.15) is 17.2 Å². The summed E-state index contributed by atoms with van der Waals surface area (Å²) in [4.78, 5) is 37.6. The fourth-order valence-electron chi connectivity index (χ4n) is 2.22. The second-order valence-electron chi connectivity index (χ2n) is 7.83. The fraction of sp³-hybridized carbons (Fsp3) is 0.812. The normalized spacial score (nSPS) is 22.0. The molecule has 0 bridgehead atoms. The number of Topliss-reactive ketones (excluding diaryl/α,β-unsaturated/α-hetero) is 1. The third kappa shape index (κ3) is 6.08. The lowest BCUT2D eigenvalue weighted by Crippen LogP contribution is -2.48. The van der Waals surface area contributed by atoms with Crippen LogP contribution < -0.4 is 5.32 Å². The molecule has 1 saturated heterocycles. The highest BCUT2D eigenvalue weighted by Crippen LogP contribution is 2.22. The smallest absolute Gasteiger partial charge is 0.410 e. The lowest BCUT2D eigenvalue weighted by atomic mass is 10.1. The van der Waals surface area contributed by atoms with Crippen LogP contribution in [-0.4, -0.2) is 53.2 Å². The van der Waals surface area contributed by atoms with E-state index in [0.29, 0.717) is 0 Å². The Morgan fingerprint density at radius 3 is 2.13 bits per heavy atom. The molecular weight excluding hydrogens is 300 g/mol. The first-order valence-corrected chi connectivity index (χ1v) is 7.80. The van der Waals surface area contributed by atoms with E-state index in [4.69, 9.17) is 9.47 Å². The molecule has 1 fully saturated rings. The highest BCUT2D eigenvalue weighted by atomic mass is 16.6. The highest BCUT2D eigenvalue weighted by molar-refractivity contribution is 5.93. The summed E-state index contributed by atoms with van der Waals surface area (Å²) < 4.78 is 10.5. The van der Waals surface area contributed by atoms with Crippen molar-refractivity contribution >= 4 is 18.0 Å². The van der Waals surface area contributed by atoms with Crippen LogP contribution >= 0.6 is 0 Å². The van der Waals surface area contributed by atoms with E-state index in [1.807, 2.05) is 0 Å². The second-order valence-corrected chi connectivity index (χ2v) is 7.83. The van der Waals surface area contributed by atoms with E-state index < -0.39 is 29.4 Å². The summed E-state index contributed by atoms with van der Waals surface area (Å²) >= 11 is 0. The number of ketones is 1. The third-order valence-electron chi connectivity index (χ3n) is 3.13. The van der Waals surface area contributed by atoms with Gasteiger partial charge in [0.15, 0.2) is 5.78 Å². The van der Waals surface area contributed by atoms with Crippen LogP contribution in [0.25, 0.3) is 0 Å². The van der Waals surface area contributed by atoms with E-state index in [9.17, 15) is 14.4 Å². The van der Waals surface area contributed by atoms with Gasteiger partial charge in [0, 0.05) is 19.0 Å². The first-order chi connectivity index (χ1) is 10.3. The zero-order valence-corrected chi connectivity index (χ0v) is 15.1. The molecule has 132 valence electrons. The highest BCUT2D eigenvalue weighted by Gasteiger charge is 2.42. The molecule has 7 heteroatoms. The number of nitrogens with zero attached hydrogens (tertiary/aromatic N) is 1. The molecule has 0 aliphatic carbocycles. The number of ether oxygens (including phenoxy) is 2. The molecule has 2 amide bonds. The minimum atomic E-state index is -0.729. The van der Waals surface area contributed by atoms with Crippen molar-refractivity contribution in [2.45, 2.75) is 65.7 Å². The average molecular weight is 328 g/mol. The maximum Gasteiger partial charge on any atom is 0.410 e. The molecule has 1 aliphatic heterocycles. The van der Waals surface area contributed by atoms with Crippen LogP contribution in [0.4, 0.5) is 9.59 Å². The van der Waals surface area contributed by atoms with Crippen molar-refractivity contribution in [1.29, 1.82) is 0 Å². The Balaban J connectivity index is 2.71. The quantitative estimate of drug-likeness (QED) is 0.841. The molecule has 0 aromatic rings. The molecule has 2 atom stereocenters. The molecule has 7 nitrogen and oxygen atoms in total. The molecule has 1 aliphatic rings. The molecule has 0 saturated carbocycles. The average Bonchev–Trinajstić information content (AvgIpc) is 2.59. The Morgan fingerprint density at radius 2 is 1.65 bits per heavy atom. The van der Waals surface area contributed by atoms with Gasteiger partial charge in [-0.2, -0.15) is 0 Å². The standard InChI is InChI=1S/C16H28N2O5/c1-10-9-18(14(21)23-16(5,6)7)11(12(10)19)8-17-13(20)22-15(2,3)4/h10-11H,8-9H2,1-7H3,(H,17,20). The van der Waals surface area contributed by atoms with Crippen LogP contribution in [0.1, 0.15) is 48.5 Å². The van der Waals surface area contributed by atoms with Gasteiger partial charge in [-0.15, -0.1) is 0 Å². The van der Waals surface area contributed by atoms with Crippen LogP contribution in [0.2, 0.25) is 0 Å². The summed E-state index contributed by atoms with van der Waals surface area (Å²) in [6.07, 6.45) is -1.17. The van der Waals surface area contributed by atoms with Crippen molar-refractivity contribution in [3.05, 3.63) is 0 Å². The largest absolute Gasteiger partial charge is 0.444 e. The monoisotopic (exact) mass is 328 g/mol. The SMILES string of the molecule is CC1CN(C(=O)OC(C)(C)C)C(CNC(=O)OC(C)(C)C)C1=O. The second kappa shape index (κ2) is 6.76. The van der Waals surface area contributed by atoms with Crippen molar-refractivity contribution in [2.24, 2.45) is 5.92 Å². The number of rotatable bonds is 2. The third-order valence-corrected chi connectivity index (χ3v) is 3.13. The number of hydrogen-bond acceptors (Lipinski definition) is 5. The van der Waals surface area contributed by atoms with Gasteiger partial charge in [0.05, 0.1) is 0 Å². The van der Waals surface area contributed by atoms with Crippen LogP contribution in [0.15, 0.2) is 0 Å². The van der Waals surface area contributed by atoms with E-state index in [-0.39, 0.29) is 24.8 Å². The Hall–Kier alpha value is -1.79. The van der Waals surface area contributed by atoms with Gasteiger partial charge in [0.25, 0.3) is 0 Å². The summed E-state index contributed by atoms with van der Waals surface area (Å²) in [7, 11) is 0. The molecule has 1 N–H and O–H groups in total. The predicted molar refractivity (Wildman–Crippen MR) is 85.1 cm³/mol. The number of hydrogen-bond donors (Lipinski definition) is 1. The number of amides is 2. The summed E-state index contributed by atoms with van der Waals surface area (Å²) in [5.41, 5.74) is -1.27. The van der Waals surface area contributed by atoms with Crippen LogP contribution in [0.5, 0.6) is 0 Å². The van der Waals surface area contributed by atoms with Gasteiger partial charge in [-0.25, -0.2) is 9.59 Å². The predicted octanol–water partition coefficient (Wildman–Crippen LogP) is 2.34. The summed E-state index contributed by atoms with van der Waals surface area (Å²) in [6.45, 7) is 12.6. The van der Waals surface area contributed by atoms with E-state index in [2.05, 4.69) is 5.32 Å². The van der Waals surface area contributed by atoms with Gasteiger partial charge >= 0.3 is 12.2 Å². The molecule has 0 spiro atoms. The molecule has 0 aromatic carbocycles. The number of carbonyl (C=O) groups excluding carboxylic acids is 3. The fourth-order valence-corrected chi connectivity index (χ4v) is 2.22. The van der Waals surface area contributed by atoms with Crippen molar-refractivity contribution in [2.75, 3.05) is 13.1 Å². The van der Waals surface area contributed by atoms with E-state index in [1.54, 1.807) is 48.5 Å². The summed E-state index contributed by atoms with van der Waals surface area (Å²) in [6, 6.07) is -0.729. The van der Waals surface area contributed by atoms with Crippen molar-refractivity contribution in [3.8, 4) is 0 Å². The molecule has 1 rings (SSSR count). The molecule has 1 heterocycles. The minimum Gasteiger partial charge on any atom is -0.444 e. The Bertz CT molecular complexity index is 476. The van der Waals surface area contributed by atoms with Crippen molar-refractivity contribution < 1.29 is 23.9 Å². The summed E-state index contributed by atoms with van der Waals surface area (Å²) in [5.74, 6) is -0.375. The van der Waals surface area contributed by atoms with Gasteiger partial charge < -0.3 is 14.8 Å². The number of carbonyl (C=O) groups is 3. The first kappa shape index (κ1) is 19.3. The molecule has 2 unspecified atom stereocenters. The molecule has 23 heavy (non-hydrogen) atoms. The minimum absolute atomic E-state index is 0.0112. The topological polar surface area (TPSA) is 84.9 Å². The van der Waals surface area contributed by atoms with Crippen LogP contribution in [0.3, 0.4) is 0 Å². The van der Waals surface area contributed by atoms with Gasteiger partial charge in [0.2, 0.25) is 0 Å². The van der Waals surface area contributed by atoms with Gasteiger partial charge in [-0.1, -0.05) is 6.92 Å². The lowest BCUT2D eigenvalue weighted by Gasteiger charge is -2.28. The Morgan fingerprint density at radius 1 is 1.13 bits per heavy atom. The molecule has 0 aromatic heterocycles.